The lowest BCUT2D eigenvalue weighted by atomic mass is 10.0. The van der Waals surface area contributed by atoms with E-state index >= 15 is 0 Å². The Morgan fingerprint density at radius 1 is 1.14 bits per heavy atom. The minimum absolute atomic E-state index is 0.122. The van der Waals surface area contributed by atoms with Crippen LogP contribution in [0.25, 0.3) is 11.1 Å². The number of oxazole rings is 1. The molecular formula is C15H11F2NO3. The number of rotatable bonds is 3. The molecule has 6 heteroatoms. The monoisotopic (exact) mass is 291 g/mol. The average molecular weight is 291 g/mol. The second kappa shape index (κ2) is 5.14. The maximum atomic E-state index is 13.1. The molecule has 1 aromatic heterocycles. The second-order valence-electron chi connectivity index (χ2n) is 4.74. The highest BCUT2D eigenvalue weighted by atomic mass is 19.2. The van der Waals surface area contributed by atoms with Crippen LogP contribution in [0.4, 0.5) is 8.78 Å². The number of hydrogen-bond donors (Lipinski definition) is 2. The highest BCUT2D eigenvalue weighted by Crippen LogP contribution is 2.22. The molecule has 2 N–H and O–H groups in total. The molecule has 0 aliphatic carbocycles. The van der Waals surface area contributed by atoms with Gasteiger partial charge in [0.25, 0.3) is 0 Å². The summed E-state index contributed by atoms with van der Waals surface area (Å²) in [5, 5.41) is 10.2. The zero-order chi connectivity index (χ0) is 15.0. The molecule has 108 valence electrons. The summed E-state index contributed by atoms with van der Waals surface area (Å²) in [7, 11) is 0. The molecule has 1 unspecified atom stereocenters. The van der Waals surface area contributed by atoms with Crippen LogP contribution in [-0.2, 0) is 6.42 Å². The molecule has 0 aliphatic heterocycles. The lowest BCUT2D eigenvalue weighted by Crippen LogP contribution is -2.02. The van der Waals surface area contributed by atoms with Gasteiger partial charge in [-0.05, 0) is 35.4 Å². The van der Waals surface area contributed by atoms with Gasteiger partial charge in [0, 0.05) is 6.42 Å². The maximum Gasteiger partial charge on any atom is 0.417 e. The van der Waals surface area contributed by atoms with Crippen LogP contribution in [0.3, 0.4) is 0 Å². The van der Waals surface area contributed by atoms with Crippen LogP contribution in [-0.4, -0.2) is 10.1 Å². The van der Waals surface area contributed by atoms with E-state index in [1.54, 1.807) is 12.1 Å². The molecule has 0 bridgehead atoms. The van der Waals surface area contributed by atoms with E-state index < -0.39 is 23.5 Å². The van der Waals surface area contributed by atoms with Crippen molar-refractivity contribution >= 4 is 11.1 Å². The third-order valence-corrected chi connectivity index (χ3v) is 3.24. The molecule has 0 spiro atoms. The van der Waals surface area contributed by atoms with Gasteiger partial charge in [0.15, 0.2) is 17.2 Å². The molecule has 0 saturated carbocycles. The Bertz CT molecular complexity index is 853. The summed E-state index contributed by atoms with van der Waals surface area (Å²) in [6.45, 7) is 0. The predicted molar refractivity (Wildman–Crippen MR) is 71.9 cm³/mol. The highest BCUT2D eigenvalue weighted by Gasteiger charge is 2.12. The van der Waals surface area contributed by atoms with Crippen LogP contribution < -0.4 is 5.76 Å². The first-order valence-electron chi connectivity index (χ1n) is 6.28. The average Bonchev–Trinajstić information content (AvgIpc) is 2.82. The molecule has 0 amide bonds. The van der Waals surface area contributed by atoms with Gasteiger partial charge < -0.3 is 9.52 Å². The predicted octanol–water partition coefficient (Wildman–Crippen LogP) is 2.68. The van der Waals surface area contributed by atoms with E-state index in [1.165, 1.54) is 12.1 Å². The van der Waals surface area contributed by atoms with Crippen LogP contribution in [0.5, 0.6) is 0 Å². The summed E-state index contributed by atoms with van der Waals surface area (Å²) in [4.78, 5) is 13.6. The molecular weight excluding hydrogens is 280 g/mol. The second-order valence-corrected chi connectivity index (χ2v) is 4.74. The van der Waals surface area contributed by atoms with Gasteiger partial charge in [0.1, 0.15) is 0 Å². The van der Waals surface area contributed by atoms with Crippen molar-refractivity contribution in [2.45, 2.75) is 12.5 Å². The number of aromatic amines is 1. The van der Waals surface area contributed by atoms with E-state index in [2.05, 4.69) is 4.98 Å². The summed E-state index contributed by atoms with van der Waals surface area (Å²) < 4.78 is 30.9. The lowest BCUT2D eigenvalue weighted by Gasteiger charge is -2.11. The molecule has 21 heavy (non-hydrogen) atoms. The fourth-order valence-electron chi connectivity index (χ4n) is 2.18. The summed E-state index contributed by atoms with van der Waals surface area (Å²) >= 11 is 0. The number of halogens is 2. The Labute approximate surface area is 117 Å². The van der Waals surface area contributed by atoms with E-state index in [-0.39, 0.29) is 6.42 Å². The van der Waals surface area contributed by atoms with Crippen LogP contribution >= 0.6 is 0 Å². The van der Waals surface area contributed by atoms with Crippen molar-refractivity contribution in [3.05, 3.63) is 69.7 Å². The normalized spacial score (nSPS) is 12.7. The Kier molecular flexibility index (Phi) is 3.31. The summed E-state index contributed by atoms with van der Waals surface area (Å²) in [5.74, 6) is -2.45. The number of aliphatic hydroxyl groups is 1. The largest absolute Gasteiger partial charge is 0.417 e. The van der Waals surface area contributed by atoms with Crippen LogP contribution in [0.2, 0.25) is 0 Å². The standard InChI is InChI=1S/C15H11F2NO3/c16-10-3-1-8(5-11(10)17)6-13(19)9-2-4-12-14(7-9)21-15(20)18-12/h1-5,7,13,19H,6H2,(H,18,20). The Balaban J connectivity index is 1.87. The number of fused-ring (bicyclic) bond motifs is 1. The number of hydrogen-bond acceptors (Lipinski definition) is 3. The van der Waals surface area contributed by atoms with Gasteiger partial charge in [-0.3, -0.25) is 4.98 Å². The minimum atomic E-state index is -0.952. The van der Waals surface area contributed by atoms with E-state index in [0.717, 1.165) is 12.1 Å². The number of aliphatic hydroxyl groups excluding tert-OH is 1. The van der Waals surface area contributed by atoms with Gasteiger partial charge in [0.2, 0.25) is 0 Å². The Morgan fingerprint density at radius 3 is 2.71 bits per heavy atom. The van der Waals surface area contributed by atoms with Crippen molar-refractivity contribution in [1.29, 1.82) is 0 Å². The quantitative estimate of drug-likeness (QED) is 0.779. The first-order valence-corrected chi connectivity index (χ1v) is 6.28. The lowest BCUT2D eigenvalue weighted by molar-refractivity contribution is 0.178. The fourth-order valence-corrected chi connectivity index (χ4v) is 2.18. The number of H-pyrrole nitrogens is 1. The zero-order valence-electron chi connectivity index (χ0n) is 10.8. The van der Waals surface area contributed by atoms with Gasteiger partial charge in [-0.25, -0.2) is 13.6 Å². The van der Waals surface area contributed by atoms with Crippen LogP contribution in [0.15, 0.2) is 45.6 Å². The van der Waals surface area contributed by atoms with Crippen molar-refractivity contribution in [3.8, 4) is 0 Å². The van der Waals surface area contributed by atoms with E-state index in [1.807, 2.05) is 0 Å². The topological polar surface area (TPSA) is 66.2 Å². The molecule has 0 fully saturated rings. The fraction of sp³-hybridized carbons (Fsp3) is 0.133. The third-order valence-electron chi connectivity index (χ3n) is 3.24. The van der Waals surface area contributed by atoms with Crippen LogP contribution in [0.1, 0.15) is 17.2 Å². The molecule has 0 aliphatic rings. The van der Waals surface area contributed by atoms with Gasteiger partial charge in [-0.1, -0.05) is 12.1 Å². The van der Waals surface area contributed by atoms with E-state index in [0.29, 0.717) is 22.2 Å². The number of aromatic nitrogens is 1. The first-order chi connectivity index (χ1) is 10.0. The number of nitrogens with one attached hydrogen (secondary N) is 1. The molecule has 3 rings (SSSR count). The van der Waals surface area contributed by atoms with Crippen LogP contribution in [0, 0.1) is 11.6 Å². The van der Waals surface area contributed by atoms with Gasteiger partial charge in [-0.15, -0.1) is 0 Å². The van der Waals surface area contributed by atoms with Gasteiger partial charge in [-0.2, -0.15) is 0 Å². The van der Waals surface area contributed by atoms with E-state index in [9.17, 15) is 18.7 Å². The highest BCUT2D eigenvalue weighted by molar-refractivity contribution is 5.72. The van der Waals surface area contributed by atoms with Gasteiger partial charge in [0.05, 0.1) is 11.6 Å². The summed E-state index contributed by atoms with van der Waals surface area (Å²) in [5.41, 5.74) is 1.86. The Hall–Kier alpha value is -2.47. The maximum absolute atomic E-state index is 13.1. The summed E-state index contributed by atoms with van der Waals surface area (Å²) in [6, 6.07) is 8.27. The third kappa shape index (κ3) is 2.71. The molecule has 3 aromatic rings. The SMILES string of the molecule is O=c1[nH]c2ccc(C(O)Cc3ccc(F)c(F)c3)cc2o1. The smallest absolute Gasteiger partial charge is 0.408 e. The first kappa shape index (κ1) is 13.5. The Morgan fingerprint density at radius 2 is 1.95 bits per heavy atom. The van der Waals surface area contributed by atoms with Gasteiger partial charge >= 0.3 is 5.76 Å². The zero-order valence-corrected chi connectivity index (χ0v) is 10.8. The van der Waals surface area contributed by atoms with Crippen molar-refractivity contribution in [2.75, 3.05) is 0 Å². The minimum Gasteiger partial charge on any atom is -0.408 e. The molecule has 1 atom stereocenters. The van der Waals surface area contributed by atoms with Crippen molar-refractivity contribution in [2.24, 2.45) is 0 Å². The molecule has 1 heterocycles. The summed E-state index contributed by atoms with van der Waals surface area (Å²) in [6.07, 6.45) is -0.795. The molecule has 2 aromatic carbocycles. The van der Waals surface area contributed by atoms with Crippen molar-refractivity contribution in [1.82, 2.24) is 4.98 Å². The molecule has 0 saturated heterocycles. The van der Waals surface area contributed by atoms with Crippen molar-refractivity contribution in [3.63, 3.8) is 0 Å². The molecule has 4 nitrogen and oxygen atoms in total. The van der Waals surface area contributed by atoms with E-state index in [4.69, 9.17) is 4.42 Å². The number of benzene rings is 2. The molecule has 0 radical (unpaired) electrons. The van der Waals surface area contributed by atoms with Crippen molar-refractivity contribution < 1.29 is 18.3 Å².